The maximum absolute atomic E-state index is 11.4. The number of aliphatic hydroxyl groups excluding tert-OH is 1. The molecule has 1 heterocycles. The van der Waals surface area contributed by atoms with Crippen LogP contribution in [-0.2, 0) is 6.54 Å². The molecular weight excluding hydrogens is 270 g/mol. The first-order valence-corrected chi connectivity index (χ1v) is 7.13. The van der Waals surface area contributed by atoms with E-state index in [9.17, 15) is 9.90 Å². The Morgan fingerprint density at radius 2 is 2.05 bits per heavy atom. The standard InChI is InChI=1S/C16H21NO4/c1-11(2)17(8-5-9-18)10-13-12-6-3-4-7-14(12)21-15(13)16(19)20/h3-4,6-7,11,18H,5,8-10H2,1-2H3,(H,19,20). The van der Waals surface area contributed by atoms with Crippen LogP contribution in [0.1, 0.15) is 36.4 Å². The highest BCUT2D eigenvalue weighted by Crippen LogP contribution is 2.27. The van der Waals surface area contributed by atoms with Crippen LogP contribution in [0.2, 0.25) is 0 Å². The van der Waals surface area contributed by atoms with Gasteiger partial charge in [-0.15, -0.1) is 0 Å². The van der Waals surface area contributed by atoms with Gasteiger partial charge in [0, 0.05) is 36.7 Å². The van der Waals surface area contributed by atoms with E-state index in [2.05, 4.69) is 18.7 Å². The quantitative estimate of drug-likeness (QED) is 0.820. The SMILES string of the molecule is CC(C)N(CCCO)Cc1c(C(=O)O)oc2ccccc12. The zero-order valence-corrected chi connectivity index (χ0v) is 12.4. The normalized spacial score (nSPS) is 11.7. The van der Waals surface area contributed by atoms with Crippen molar-refractivity contribution in [1.82, 2.24) is 4.90 Å². The van der Waals surface area contributed by atoms with Gasteiger partial charge in [0.2, 0.25) is 5.76 Å². The Balaban J connectivity index is 2.38. The van der Waals surface area contributed by atoms with Gasteiger partial charge in [-0.3, -0.25) is 4.90 Å². The van der Waals surface area contributed by atoms with E-state index in [0.717, 1.165) is 5.39 Å². The molecule has 5 heteroatoms. The summed E-state index contributed by atoms with van der Waals surface area (Å²) in [6, 6.07) is 7.61. The maximum atomic E-state index is 11.4. The molecule has 0 aliphatic heterocycles. The average molecular weight is 291 g/mol. The number of hydrogen-bond acceptors (Lipinski definition) is 4. The number of carboxylic acid groups (broad SMARTS) is 1. The van der Waals surface area contributed by atoms with Crippen molar-refractivity contribution < 1.29 is 19.4 Å². The number of fused-ring (bicyclic) bond motifs is 1. The summed E-state index contributed by atoms with van der Waals surface area (Å²) in [6.07, 6.45) is 0.663. The summed E-state index contributed by atoms with van der Waals surface area (Å²) in [5, 5.41) is 19.2. The van der Waals surface area contributed by atoms with Gasteiger partial charge < -0.3 is 14.6 Å². The molecule has 0 bridgehead atoms. The van der Waals surface area contributed by atoms with Crippen LogP contribution in [0.3, 0.4) is 0 Å². The molecule has 2 rings (SSSR count). The zero-order chi connectivity index (χ0) is 15.4. The van der Waals surface area contributed by atoms with E-state index in [0.29, 0.717) is 30.7 Å². The molecule has 0 atom stereocenters. The fraction of sp³-hybridized carbons (Fsp3) is 0.438. The summed E-state index contributed by atoms with van der Waals surface area (Å²) in [6.45, 7) is 5.45. The van der Waals surface area contributed by atoms with Gasteiger partial charge in [-0.2, -0.15) is 0 Å². The highest BCUT2D eigenvalue weighted by atomic mass is 16.4. The molecule has 2 aromatic rings. The number of aliphatic hydroxyl groups is 1. The second kappa shape index (κ2) is 6.74. The van der Waals surface area contributed by atoms with Crippen molar-refractivity contribution in [2.75, 3.05) is 13.2 Å². The Labute approximate surface area is 123 Å². The summed E-state index contributed by atoms with van der Waals surface area (Å²) in [7, 11) is 0. The summed E-state index contributed by atoms with van der Waals surface area (Å²) >= 11 is 0. The molecule has 114 valence electrons. The number of carboxylic acids is 1. The van der Waals surface area contributed by atoms with Gasteiger partial charge in [0.15, 0.2) is 0 Å². The van der Waals surface area contributed by atoms with Crippen LogP contribution in [-0.4, -0.2) is 40.3 Å². The zero-order valence-electron chi connectivity index (χ0n) is 12.4. The van der Waals surface area contributed by atoms with E-state index in [1.807, 2.05) is 18.2 Å². The van der Waals surface area contributed by atoms with Gasteiger partial charge in [0.25, 0.3) is 0 Å². The van der Waals surface area contributed by atoms with Crippen LogP contribution in [0.15, 0.2) is 28.7 Å². The van der Waals surface area contributed by atoms with Gasteiger partial charge in [-0.1, -0.05) is 18.2 Å². The molecule has 0 aliphatic carbocycles. The van der Waals surface area contributed by atoms with Gasteiger partial charge in [-0.25, -0.2) is 4.79 Å². The lowest BCUT2D eigenvalue weighted by Crippen LogP contribution is -2.32. The third-order valence-electron chi connectivity index (χ3n) is 3.59. The van der Waals surface area contributed by atoms with Gasteiger partial charge in [0.1, 0.15) is 5.58 Å². The molecule has 1 aromatic heterocycles. The molecule has 0 unspecified atom stereocenters. The van der Waals surface area contributed by atoms with E-state index < -0.39 is 5.97 Å². The Kier molecular flexibility index (Phi) is 4.98. The highest BCUT2D eigenvalue weighted by Gasteiger charge is 2.22. The lowest BCUT2D eigenvalue weighted by atomic mass is 10.1. The molecule has 0 saturated carbocycles. The van der Waals surface area contributed by atoms with E-state index in [1.165, 1.54) is 0 Å². The van der Waals surface area contributed by atoms with Crippen molar-refractivity contribution in [3.05, 3.63) is 35.6 Å². The largest absolute Gasteiger partial charge is 0.475 e. The molecule has 5 nitrogen and oxygen atoms in total. The molecule has 1 aromatic carbocycles. The van der Waals surface area contributed by atoms with Crippen molar-refractivity contribution >= 4 is 16.9 Å². The first kappa shape index (κ1) is 15.5. The third kappa shape index (κ3) is 3.43. The number of rotatable bonds is 7. The number of para-hydroxylation sites is 1. The second-order valence-electron chi connectivity index (χ2n) is 5.35. The molecule has 21 heavy (non-hydrogen) atoms. The number of aromatic carboxylic acids is 1. The monoisotopic (exact) mass is 291 g/mol. The van der Waals surface area contributed by atoms with E-state index in [4.69, 9.17) is 9.52 Å². The molecule has 2 N–H and O–H groups in total. The van der Waals surface area contributed by atoms with Crippen molar-refractivity contribution in [3.63, 3.8) is 0 Å². The Hall–Kier alpha value is -1.85. The lowest BCUT2D eigenvalue weighted by Gasteiger charge is -2.26. The van der Waals surface area contributed by atoms with Crippen molar-refractivity contribution in [1.29, 1.82) is 0 Å². The smallest absolute Gasteiger partial charge is 0.372 e. The minimum absolute atomic E-state index is 0.00542. The van der Waals surface area contributed by atoms with Crippen LogP contribution in [0.5, 0.6) is 0 Å². The molecule has 0 amide bonds. The Bertz CT molecular complexity index is 618. The van der Waals surface area contributed by atoms with Crippen LogP contribution < -0.4 is 0 Å². The second-order valence-corrected chi connectivity index (χ2v) is 5.35. The third-order valence-corrected chi connectivity index (χ3v) is 3.59. The minimum atomic E-state index is -1.05. The number of carbonyl (C=O) groups is 1. The van der Waals surface area contributed by atoms with Crippen LogP contribution in [0.25, 0.3) is 11.0 Å². The number of hydrogen-bond donors (Lipinski definition) is 2. The van der Waals surface area contributed by atoms with Crippen LogP contribution in [0.4, 0.5) is 0 Å². The molecule has 0 aliphatic rings. The summed E-state index contributed by atoms with van der Waals surface area (Å²) in [5.41, 5.74) is 1.29. The minimum Gasteiger partial charge on any atom is -0.475 e. The molecule has 0 fully saturated rings. The fourth-order valence-corrected chi connectivity index (χ4v) is 2.43. The van der Waals surface area contributed by atoms with Crippen molar-refractivity contribution in [2.45, 2.75) is 32.9 Å². The van der Waals surface area contributed by atoms with E-state index in [-0.39, 0.29) is 18.4 Å². The Morgan fingerprint density at radius 3 is 2.67 bits per heavy atom. The summed E-state index contributed by atoms with van der Waals surface area (Å²) < 4.78 is 5.47. The van der Waals surface area contributed by atoms with Gasteiger partial charge >= 0.3 is 5.97 Å². The summed E-state index contributed by atoms with van der Waals surface area (Å²) in [4.78, 5) is 13.5. The highest BCUT2D eigenvalue weighted by molar-refractivity contribution is 5.95. The fourth-order valence-electron chi connectivity index (χ4n) is 2.43. The first-order valence-electron chi connectivity index (χ1n) is 7.13. The lowest BCUT2D eigenvalue weighted by molar-refractivity contribution is 0.0660. The van der Waals surface area contributed by atoms with E-state index >= 15 is 0 Å². The number of nitrogens with zero attached hydrogens (tertiary/aromatic N) is 1. The molecular formula is C16H21NO4. The topological polar surface area (TPSA) is 73.9 Å². The van der Waals surface area contributed by atoms with Crippen molar-refractivity contribution in [3.8, 4) is 0 Å². The first-order chi connectivity index (χ1) is 10.0. The molecule has 0 saturated heterocycles. The van der Waals surface area contributed by atoms with Crippen molar-refractivity contribution in [2.24, 2.45) is 0 Å². The predicted octanol–water partition coefficient (Wildman–Crippen LogP) is 2.72. The van der Waals surface area contributed by atoms with Gasteiger partial charge in [-0.05, 0) is 26.3 Å². The number of furan rings is 1. The number of benzene rings is 1. The predicted molar refractivity (Wildman–Crippen MR) is 80.4 cm³/mol. The molecule has 0 spiro atoms. The molecule has 0 radical (unpaired) electrons. The van der Waals surface area contributed by atoms with Gasteiger partial charge in [0.05, 0.1) is 0 Å². The Morgan fingerprint density at radius 1 is 1.33 bits per heavy atom. The van der Waals surface area contributed by atoms with E-state index in [1.54, 1.807) is 6.07 Å². The van der Waals surface area contributed by atoms with Crippen LogP contribution in [0, 0.1) is 0 Å². The van der Waals surface area contributed by atoms with Crippen LogP contribution >= 0.6 is 0 Å². The average Bonchev–Trinajstić information content (AvgIpc) is 2.82. The maximum Gasteiger partial charge on any atom is 0.372 e. The summed E-state index contributed by atoms with van der Waals surface area (Å²) in [5.74, 6) is -1.04.